The van der Waals surface area contributed by atoms with Crippen LogP contribution in [-0.4, -0.2) is 39.1 Å². The first kappa shape index (κ1) is 17.6. The van der Waals surface area contributed by atoms with Crippen LogP contribution in [0.1, 0.15) is 19.8 Å². The number of carbonyl (C=O) groups is 1. The third kappa shape index (κ3) is 3.44. The van der Waals surface area contributed by atoms with E-state index in [1.54, 1.807) is 11.8 Å². The van der Waals surface area contributed by atoms with Crippen LogP contribution in [0, 0.1) is 0 Å². The van der Waals surface area contributed by atoms with Crippen LogP contribution in [0.4, 0.5) is 18.9 Å². The van der Waals surface area contributed by atoms with Crippen molar-refractivity contribution in [3.8, 4) is 0 Å². The maximum absolute atomic E-state index is 12.5. The first-order valence-electron chi connectivity index (χ1n) is 7.03. The van der Waals surface area contributed by atoms with Crippen molar-refractivity contribution in [3.05, 3.63) is 24.3 Å². The molecule has 9 heteroatoms. The lowest BCUT2D eigenvalue weighted by atomic mass is 10.2. The first-order chi connectivity index (χ1) is 10.7. The van der Waals surface area contributed by atoms with Crippen molar-refractivity contribution in [1.82, 2.24) is 0 Å². The number of nitrogens with zero attached hydrogens (tertiary/aromatic N) is 1. The largest absolute Gasteiger partial charge is 0.501 e. The van der Waals surface area contributed by atoms with Gasteiger partial charge in [0.25, 0.3) is 9.84 Å². The van der Waals surface area contributed by atoms with Gasteiger partial charge >= 0.3 is 11.5 Å². The molecular weight excluding hydrogens is 335 g/mol. The third-order valence-corrected chi connectivity index (χ3v) is 5.10. The van der Waals surface area contributed by atoms with Crippen LogP contribution >= 0.6 is 0 Å². The average Bonchev–Trinajstić information content (AvgIpc) is 2.96. The number of esters is 1. The molecule has 0 radical (unpaired) electrons. The van der Waals surface area contributed by atoms with E-state index in [4.69, 9.17) is 4.74 Å². The molecule has 1 heterocycles. The van der Waals surface area contributed by atoms with Gasteiger partial charge < -0.3 is 9.64 Å². The molecule has 0 bridgehead atoms. The van der Waals surface area contributed by atoms with E-state index < -0.39 is 32.3 Å². The van der Waals surface area contributed by atoms with E-state index in [-0.39, 0.29) is 6.61 Å². The molecular formula is C14H16F3NO4S. The second kappa shape index (κ2) is 6.38. The maximum Gasteiger partial charge on any atom is 0.501 e. The van der Waals surface area contributed by atoms with Gasteiger partial charge in [0.2, 0.25) is 0 Å². The molecule has 1 fully saturated rings. The summed E-state index contributed by atoms with van der Waals surface area (Å²) in [5, 5.41) is 0. The molecule has 1 atom stereocenters. The summed E-state index contributed by atoms with van der Waals surface area (Å²) in [4.78, 5) is 12.8. The zero-order valence-electron chi connectivity index (χ0n) is 12.3. The number of benzene rings is 1. The smallest absolute Gasteiger partial charge is 0.464 e. The Bertz CT molecular complexity index is 670. The summed E-state index contributed by atoms with van der Waals surface area (Å²) in [6.45, 7) is 2.48. The molecule has 1 unspecified atom stereocenters. The van der Waals surface area contributed by atoms with Crippen molar-refractivity contribution in [2.24, 2.45) is 0 Å². The van der Waals surface area contributed by atoms with Crippen LogP contribution in [0.25, 0.3) is 0 Å². The molecule has 0 spiro atoms. The summed E-state index contributed by atoms with van der Waals surface area (Å²) in [7, 11) is -5.37. The summed E-state index contributed by atoms with van der Waals surface area (Å²) < 4.78 is 65.2. The molecule has 5 nitrogen and oxygen atoms in total. The second-order valence-electron chi connectivity index (χ2n) is 5.05. The fourth-order valence-corrected chi connectivity index (χ4v) is 3.27. The highest BCUT2D eigenvalue weighted by Crippen LogP contribution is 2.32. The van der Waals surface area contributed by atoms with Gasteiger partial charge in [0, 0.05) is 12.2 Å². The van der Waals surface area contributed by atoms with Gasteiger partial charge in [-0.3, -0.25) is 0 Å². The highest BCUT2D eigenvalue weighted by Gasteiger charge is 2.46. The second-order valence-corrected chi connectivity index (χ2v) is 6.99. The van der Waals surface area contributed by atoms with Gasteiger partial charge in [-0.2, -0.15) is 13.2 Å². The van der Waals surface area contributed by atoms with E-state index in [2.05, 4.69) is 0 Å². The van der Waals surface area contributed by atoms with Gasteiger partial charge in [-0.25, -0.2) is 13.2 Å². The highest BCUT2D eigenvalue weighted by molar-refractivity contribution is 7.92. The van der Waals surface area contributed by atoms with Crippen molar-refractivity contribution in [1.29, 1.82) is 0 Å². The number of halogens is 3. The molecule has 0 N–H and O–H groups in total. The van der Waals surface area contributed by atoms with E-state index in [1.807, 2.05) is 0 Å². The van der Waals surface area contributed by atoms with Crippen molar-refractivity contribution >= 4 is 21.5 Å². The molecule has 2 rings (SSSR count). The highest BCUT2D eigenvalue weighted by atomic mass is 32.2. The number of carbonyl (C=O) groups excluding carboxylic acids is 1. The van der Waals surface area contributed by atoms with E-state index in [0.717, 1.165) is 18.6 Å². The number of rotatable bonds is 4. The standard InChI is InChI=1S/C14H16F3NO4S/c1-2-22-13(19)12-4-3-9-18(12)10-5-7-11(8-6-10)23(20,21)14(15,16)17/h5-8,12H,2-4,9H2,1H3. The van der Waals surface area contributed by atoms with Gasteiger partial charge in [0.15, 0.2) is 0 Å². The van der Waals surface area contributed by atoms with Crippen LogP contribution in [-0.2, 0) is 19.4 Å². The predicted octanol–water partition coefficient (Wildman–Crippen LogP) is 2.51. The van der Waals surface area contributed by atoms with Gasteiger partial charge in [-0.1, -0.05) is 0 Å². The van der Waals surface area contributed by atoms with Crippen LogP contribution in [0.5, 0.6) is 0 Å². The van der Waals surface area contributed by atoms with Gasteiger partial charge in [-0.05, 0) is 44.0 Å². The van der Waals surface area contributed by atoms with Crippen LogP contribution in [0.2, 0.25) is 0 Å². The monoisotopic (exact) mass is 351 g/mol. The van der Waals surface area contributed by atoms with E-state index in [9.17, 15) is 26.4 Å². The van der Waals surface area contributed by atoms with Crippen molar-refractivity contribution in [2.75, 3.05) is 18.1 Å². The lowest BCUT2D eigenvalue weighted by Crippen LogP contribution is -2.37. The number of ether oxygens (including phenoxy) is 1. The Hall–Kier alpha value is -1.77. The summed E-state index contributed by atoms with van der Waals surface area (Å²) in [5.74, 6) is -0.392. The van der Waals surface area contributed by atoms with Crippen molar-refractivity contribution < 1.29 is 31.1 Å². The van der Waals surface area contributed by atoms with E-state index in [1.165, 1.54) is 12.1 Å². The topological polar surface area (TPSA) is 63.7 Å². The van der Waals surface area contributed by atoms with Crippen LogP contribution in [0.3, 0.4) is 0 Å². The fourth-order valence-electron chi connectivity index (χ4n) is 2.51. The maximum atomic E-state index is 12.5. The van der Waals surface area contributed by atoms with Crippen LogP contribution in [0.15, 0.2) is 29.2 Å². The summed E-state index contributed by atoms with van der Waals surface area (Å²) in [6.07, 6.45) is 1.33. The molecule has 0 aromatic heterocycles. The zero-order valence-corrected chi connectivity index (χ0v) is 13.2. The molecule has 1 saturated heterocycles. The Labute approximate surface area is 132 Å². The molecule has 23 heavy (non-hydrogen) atoms. The Morgan fingerprint density at radius 1 is 1.30 bits per heavy atom. The van der Waals surface area contributed by atoms with Crippen molar-refractivity contribution in [3.63, 3.8) is 0 Å². The minimum atomic E-state index is -5.37. The lowest BCUT2D eigenvalue weighted by Gasteiger charge is -2.25. The quantitative estimate of drug-likeness (QED) is 0.780. The minimum Gasteiger partial charge on any atom is -0.464 e. The minimum absolute atomic E-state index is 0.242. The molecule has 1 aromatic rings. The summed E-state index contributed by atoms with van der Waals surface area (Å²) in [6, 6.07) is 3.85. The number of sulfone groups is 1. The molecule has 128 valence electrons. The SMILES string of the molecule is CCOC(=O)C1CCCN1c1ccc(S(=O)(=O)C(F)(F)F)cc1. The fraction of sp³-hybridized carbons (Fsp3) is 0.500. The third-order valence-electron chi connectivity index (χ3n) is 3.59. The lowest BCUT2D eigenvalue weighted by molar-refractivity contribution is -0.144. The number of hydrogen-bond acceptors (Lipinski definition) is 5. The normalized spacial score (nSPS) is 19.0. The van der Waals surface area contributed by atoms with Gasteiger partial charge in [-0.15, -0.1) is 0 Å². The molecule has 1 aliphatic rings. The molecule has 0 aliphatic carbocycles. The van der Waals surface area contributed by atoms with E-state index in [0.29, 0.717) is 18.7 Å². The Morgan fingerprint density at radius 2 is 1.91 bits per heavy atom. The predicted molar refractivity (Wildman–Crippen MR) is 76.7 cm³/mol. The summed E-state index contributed by atoms with van der Waals surface area (Å²) >= 11 is 0. The summed E-state index contributed by atoms with van der Waals surface area (Å²) in [5.41, 5.74) is -4.85. The van der Waals surface area contributed by atoms with E-state index >= 15 is 0 Å². The van der Waals surface area contributed by atoms with Crippen LogP contribution < -0.4 is 4.90 Å². The van der Waals surface area contributed by atoms with Gasteiger partial charge in [0.1, 0.15) is 6.04 Å². The average molecular weight is 351 g/mol. The molecule has 0 amide bonds. The Balaban J connectivity index is 2.24. The zero-order chi connectivity index (χ0) is 17.3. The molecule has 1 aromatic carbocycles. The Kier molecular flexibility index (Phi) is 4.88. The van der Waals surface area contributed by atoms with Gasteiger partial charge in [0.05, 0.1) is 11.5 Å². The molecule has 1 aliphatic heterocycles. The number of anilines is 1. The van der Waals surface area contributed by atoms with Crippen molar-refractivity contribution in [2.45, 2.75) is 36.2 Å². The molecule has 0 saturated carbocycles. The number of alkyl halides is 3. The number of hydrogen-bond donors (Lipinski definition) is 0. The first-order valence-corrected chi connectivity index (χ1v) is 8.51. The Morgan fingerprint density at radius 3 is 2.43 bits per heavy atom.